The van der Waals surface area contributed by atoms with Crippen LogP contribution in [0, 0.1) is 0 Å². The number of fused-ring (bicyclic) bond motifs is 1. The van der Waals surface area contributed by atoms with E-state index in [1.807, 2.05) is 18.3 Å². The predicted octanol–water partition coefficient (Wildman–Crippen LogP) is 2.28. The van der Waals surface area contributed by atoms with Gasteiger partial charge in [-0.15, -0.1) is 11.3 Å². The summed E-state index contributed by atoms with van der Waals surface area (Å²) < 4.78 is 4.75. The number of carbonyl (C=O) groups is 1. The van der Waals surface area contributed by atoms with Crippen LogP contribution in [0.15, 0.2) is 6.07 Å². The maximum atomic E-state index is 11.4. The van der Waals surface area contributed by atoms with E-state index in [0.717, 1.165) is 13.0 Å². The molecule has 4 heteroatoms. The molecule has 3 nitrogen and oxygen atoms in total. The highest BCUT2D eigenvalue weighted by molar-refractivity contribution is 7.12. The Kier molecular flexibility index (Phi) is 4.18. The van der Waals surface area contributed by atoms with Gasteiger partial charge in [-0.3, -0.25) is 10.1 Å². The van der Waals surface area contributed by atoms with Crippen molar-refractivity contribution in [1.82, 2.24) is 5.32 Å². The summed E-state index contributed by atoms with van der Waals surface area (Å²) in [5.41, 5.74) is 1.51. The number of nitrogens with one attached hydrogen (secondary N) is 1. The summed E-state index contributed by atoms with van der Waals surface area (Å²) in [6.45, 7) is 2.76. The first kappa shape index (κ1) is 12.6. The van der Waals surface area contributed by atoms with E-state index in [1.165, 1.54) is 41.7 Å². The van der Waals surface area contributed by atoms with E-state index in [0.29, 0.717) is 0 Å². The van der Waals surface area contributed by atoms with Gasteiger partial charge in [0.25, 0.3) is 0 Å². The second-order valence-electron chi connectivity index (χ2n) is 4.38. The minimum absolute atomic E-state index is 0.170. The number of methoxy groups -OCH3 is 1. The van der Waals surface area contributed by atoms with Crippen LogP contribution in [0.4, 0.5) is 0 Å². The van der Waals surface area contributed by atoms with E-state index in [9.17, 15) is 4.79 Å². The lowest BCUT2D eigenvalue weighted by molar-refractivity contribution is -0.143. The van der Waals surface area contributed by atoms with Crippen LogP contribution in [0.3, 0.4) is 0 Å². The third-order valence-electron chi connectivity index (χ3n) is 3.21. The number of ether oxygens (including phenoxy) is 1. The van der Waals surface area contributed by atoms with Crippen LogP contribution >= 0.6 is 11.3 Å². The van der Waals surface area contributed by atoms with Crippen molar-refractivity contribution in [3.8, 4) is 0 Å². The van der Waals surface area contributed by atoms with Crippen molar-refractivity contribution in [3.05, 3.63) is 21.4 Å². The second kappa shape index (κ2) is 5.65. The molecule has 1 aliphatic carbocycles. The Morgan fingerprint density at radius 2 is 2.41 bits per heavy atom. The van der Waals surface area contributed by atoms with Crippen molar-refractivity contribution < 1.29 is 9.53 Å². The SMILES string of the molecule is CCC(NCc1cc2c(s1)CCC2)C(=O)OC. The van der Waals surface area contributed by atoms with Crippen LogP contribution in [-0.2, 0) is 28.9 Å². The van der Waals surface area contributed by atoms with Crippen LogP contribution in [0.5, 0.6) is 0 Å². The molecular formula is C13H19NO2S. The summed E-state index contributed by atoms with van der Waals surface area (Å²) in [6.07, 6.45) is 4.51. The van der Waals surface area contributed by atoms with Gasteiger partial charge in [0.05, 0.1) is 7.11 Å². The fraction of sp³-hybridized carbons (Fsp3) is 0.615. The van der Waals surface area contributed by atoms with Crippen molar-refractivity contribution >= 4 is 17.3 Å². The molecule has 1 aromatic heterocycles. The van der Waals surface area contributed by atoms with Crippen molar-refractivity contribution in [1.29, 1.82) is 0 Å². The molecule has 1 aliphatic rings. The maximum absolute atomic E-state index is 11.4. The first-order valence-electron chi connectivity index (χ1n) is 6.16. The predicted molar refractivity (Wildman–Crippen MR) is 69.3 cm³/mol. The molecule has 0 bridgehead atoms. The summed E-state index contributed by atoms with van der Waals surface area (Å²) >= 11 is 1.88. The molecule has 0 amide bonds. The Morgan fingerprint density at radius 3 is 3.06 bits per heavy atom. The molecule has 94 valence electrons. The average molecular weight is 253 g/mol. The molecule has 0 aliphatic heterocycles. The van der Waals surface area contributed by atoms with Crippen molar-refractivity contribution in [2.75, 3.05) is 7.11 Å². The summed E-state index contributed by atoms with van der Waals surface area (Å²) in [4.78, 5) is 14.3. The molecule has 1 N–H and O–H groups in total. The summed E-state index contributed by atoms with van der Waals surface area (Å²) in [5.74, 6) is -0.170. The second-order valence-corrected chi connectivity index (χ2v) is 5.60. The Hall–Kier alpha value is -0.870. The van der Waals surface area contributed by atoms with Gasteiger partial charge in [0.2, 0.25) is 0 Å². The standard InChI is InChI=1S/C13H19NO2S/c1-3-11(13(15)16-2)14-8-10-7-9-5-4-6-12(9)17-10/h7,11,14H,3-6,8H2,1-2H3. The van der Waals surface area contributed by atoms with Gasteiger partial charge in [-0.1, -0.05) is 6.92 Å². The zero-order valence-electron chi connectivity index (χ0n) is 10.4. The number of thiophene rings is 1. The molecule has 0 fully saturated rings. The van der Waals surface area contributed by atoms with Gasteiger partial charge in [-0.25, -0.2) is 0 Å². The van der Waals surface area contributed by atoms with Crippen LogP contribution < -0.4 is 5.32 Å². The summed E-state index contributed by atoms with van der Waals surface area (Å²) in [5, 5.41) is 3.26. The van der Waals surface area contributed by atoms with Gasteiger partial charge < -0.3 is 4.74 Å². The quantitative estimate of drug-likeness (QED) is 0.818. The van der Waals surface area contributed by atoms with E-state index >= 15 is 0 Å². The molecule has 0 saturated carbocycles. The highest BCUT2D eigenvalue weighted by Gasteiger charge is 2.18. The normalized spacial score (nSPS) is 15.6. The minimum Gasteiger partial charge on any atom is -0.468 e. The van der Waals surface area contributed by atoms with Crippen molar-refractivity contribution in [3.63, 3.8) is 0 Å². The molecule has 0 aromatic carbocycles. The lowest BCUT2D eigenvalue weighted by atomic mass is 10.2. The van der Waals surface area contributed by atoms with Crippen molar-refractivity contribution in [2.45, 2.75) is 45.2 Å². The first-order chi connectivity index (χ1) is 8.24. The number of hydrogen-bond acceptors (Lipinski definition) is 4. The van der Waals surface area contributed by atoms with Gasteiger partial charge in [0.1, 0.15) is 6.04 Å². The Labute approximate surface area is 106 Å². The average Bonchev–Trinajstić information content (AvgIpc) is 2.89. The van der Waals surface area contributed by atoms with Crippen molar-refractivity contribution in [2.24, 2.45) is 0 Å². The molecular weight excluding hydrogens is 234 g/mol. The molecule has 17 heavy (non-hydrogen) atoms. The van der Waals surface area contributed by atoms with Gasteiger partial charge in [-0.2, -0.15) is 0 Å². The topological polar surface area (TPSA) is 38.3 Å². The van der Waals surface area contributed by atoms with E-state index in [-0.39, 0.29) is 12.0 Å². The monoisotopic (exact) mass is 253 g/mol. The highest BCUT2D eigenvalue weighted by Crippen LogP contribution is 2.30. The summed E-state index contributed by atoms with van der Waals surface area (Å²) in [7, 11) is 1.44. The number of carbonyl (C=O) groups excluding carboxylic acids is 1. The fourth-order valence-corrected chi connectivity index (χ4v) is 3.45. The van der Waals surface area contributed by atoms with Gasteiger partial charge >= 0.3 is 5.97 Å². The molecule has 1 heterocycles. The maximum Gasteiger partial charge on any atom is 0.322 e. The number of aryl methyl sites for hydroxylation is 2. The van der Waals surface area contributed by atoms with E-state index in [2.05, 4.69) is 11.4 Å². The van der Waals surface area contributed by atoms with Crippen LogP contribution in [0.1, 0.15) is 35.1 Å². The molecule has 0 spiro atoms. The van der Waals surface area contributed by atoms with E-state index in [4.69, 9.17) is 4.74 Å². The van der Waals surface area contributed by atoms with Crippen LogP contribution in [0.2, 0.25) is 0 Å². The van der Waals surface area contributed by atoms with Crippen LogP contribution in [0.25, 0.3) is 0 Å². The fourth-order valence-electron chi connectivity index (χ4n) is 2.24. The molecule has 1 unspecified atom stereocenters. The lowest BCUT2D eigenvalue weighted by Crippen LogP contribution is -2.36. The van der Waals surface area contributed by atoms with Gasteiger partial charge in [-0.05, 0) is 37.3 Å². The Morgan fingerprint density at radius 1 is 1.59 bits per heavy atom. The number of hydrogen-bond donors (Lipinski definition) is 1. The zero-order valence-corrected chi connectivity index (χ0v) is 11.2. The van der Waals surface area contributed by atoms with Gasteiger partial charge in [0, 0.05) is 16.3 Å². The smallest absolute Gasteiger partial charge is 0.322 e. The molecule has 1 aromatic rings. The zero-order chi connectivity index (χ0) is 12.3. The van der Waals surface area contributed by atoms with E-state index < -0.39 is 0 Å². The largest absolute Gasteiger partial charge is 0.468 e. The van der Waals surface area contributed by atoms with E-state index in [1.54, 1.807) is 0 Å². The molecule has 2 rings (SSSR count). The minimum atomic E-state index is -0.183. The van der Waals surface area contributed by atoms with Crippen LogP contribution in [-0.4, -0.2) is 19.1 Å². The number of esters is 1. The summed E-state index contributed by atoms with van der Waals surface area (Å²) in [6, 6.07) is 2.10. The molecule has 1 atom stereocenters. The third kappa shape index (κ3) is 2.87. The Balaban J connectivity index is 1.90. The third-order valence-corrected chi connectivity index (χ3v) is 4.45. The molecule has 0 radical (unpaired) electrons. The first-order valence-corrected chi connectivity index (χ1v) is 6.98. The lowest BCUT2D eigenvalue weighted by Gasteiger charge is -2.13. The Bertz CT molecular complexity index is 379. The number of rotatable bonds is 5. The highest BCUT2D eigenvalue weighted by atomic mass is 32.1. The molecule has 0 saturated heterocycles. The van der Waals surface area contributed by atoms with Gasteiger partial charge in [0.15, 0.2) is 0 Å².